The van der Waals surface area contributed by atoms with Crippen molar-refractivity contribution >= 4 is 21.9 Å². The first-order chi connectivity index (χ1) is 14.2. The van der Waals surface area contributed by atoms with E-state index in [9.17, 15) is 0 Å². The summed E-state index contributed by atoms with van der Waals surface area (Å²) in [6.45, 7) is 7.17. The average Bonchev–Trinajstić information content (AvgIpc) is 3.63. The summed E-state index contributed by atoms with van der Waals surface area (Å²) < 4.78 is 29.1. The Labute approximate surface area is 170 Å². The normalized spacial score (nSPS) is 20.3. The minimum atomic E-state index is 0.238. The molecule has 5 rings (SSSR count). The third-order valence-electron chi connectivity index (χ3n) is 5.53. The van der Waals surface area contributed by atoms with E-state index in [0.29, 0.717) is 13.2 Å². The molecule has 0 radical (unpaired) electrons. The molecule has 0 amide bonds. The van der Waals surface area contributed by atoms with Crippen molar-refractivity contribution in [2.24, 2.45) is 0 Å². The molecule has 5 nitrogen and oxygen atoms in total. The molecule has 0 aliphatic carbocycles. The quantitative estimate of drug-likeness (QED) is 0.449. The summed E-state index contributed by atoms with van der Waals surface area (Å²) in [5, 5.41) is 2.14. The van der Waals surface area contributed by atoms with E-state index in [2.05, 4.69) is 38.1 Å². The lowest BCUT2D eigenvalue weighted by Crippen LogP contribution is -2.06. The smallest absolute Gasteiger partial charge is 0.135 e. The zero-order chi connectivity index (χ0) is 19.8. The van der Waals surface area contributed by atoms with Gasteiger partial charge in [0.1, 0.15) is 48.1 Å². The van der Waals surface area contributed by atoms with Crippen LogP contribution < -0.4 is 9.47 Å². The van der Waals surface area contributed by atoms with E-state index < -0.39 is 0 Å². The van der Waals surface area contributed by atoms with E-state index >= 15 is 0 Å². The molecule has 154 valence electrons. The summed E-state index contributed by atoms with van der Waals surface area (Å²) in [4.78, 5) is 0. The number of ether oxygens (including phenoxy) is 4. The summed E-state index contributed by atoms with van der Waals surface area (Å²) in [6.07, 6.45) is 4.52. The van der Waals surface area contributed by atoms with Crippen molar-refractivity contribution in [1.82, 2.24) is 0 Å². The SMILES string of the molecule is CCCc1cc2oc3cc(CCC)c(OCC4CO4)cc3c2cc1OCC1CO1. The van der Waals surface area contributed by atoms with Crippen LogP contribution in [0.3, 0.4) is 0 Å². The van der Waals surface area contributed by atoms with E-state index in [1.54, 1.807) is 0 Å². The molecular weight excluding hydrogens is 368 g/mol. The highest BCUT2D eigenvalue weighted by atomic mass is 16.6. The Hall–Kier alpha value is -2.24. The summed E-state index contributed by atoms with van der Waals surface area (Å²) in [5.74, 6) is 1.87. The van der Waals surface area contributed by atoms with Crippen LogP contribution in [0.2, 0.25) is 0 Å². The molecule has 2 atom stereocenters. The first-order valence-electron chi connectivity index (χ1n) is 10.8. The molecule has 2 unspecified atom stereocenters. The molecule has 2 aromatic carbocycles. The third-order valence-corrected chi connectivity index (χ3v) is 5.53. The van der Waals surface area contributed by atoms with Gasteiger partial charge in [0.15, 0.2) is 0 Å². The number of rotatable bonds is 10. The van der Waals surface area contributed by atoms with Gasteiger partial charge in [-0.25, -0.2) is 0 Å². The van der Waals surface area contributed by atoms with Gasteiger partial charge in [-0.1, -0.05) is 26.7 Å². The van der Waals surface area contributed by atoms with Crippen LogP contribution in [0.4, 0.5) is 0 Å². The van der Waals surface area contributed by atoms with Crippen molar-refractivity contribution in [1.29, 1.82) is 0 Å². The molecule has 3 aromatic rings. The molecule has 0 saturated carbocycles. The Morgan fingerprint density at radius 1 is 0.759 bits per heavy atom. The molecule has 3 heterocycles. The molecule has 1 aromatic heterocycles. The number of furan rings is 1. The number of hydrogen-bond donors (Lipinski definition) is 0. The van der Waals surface area contributed by atoms with Crippen LogP contribution in [0.25, 0.3) is 21.9 Å². The van der Waals surface area contributed by atoms with Crippen LogP contribution in [-0.2, 0) is 22.3 Å². The Balaban J connectivity index is 1.56. The molecule has 2 aliphatic heterocycles. The maximum atomic E-state index is 6.25. The first-order valence-corrected chi connectivity index (χ1v) is 10.8. The molecule has 2 saturated heterocycles. The van der Waals surface area contributed by atoms with Crippen molar-refractivity contribution in [3.63, 3.8) is 0 Å². The predicted octanol–water partition coefficient (Wildman–Crippen LogP) is 5.05. The molecule has 29 heavy (non-hydrogen) atoms. The second kappa shape index (κ2) is 7.88. The minimum Gasteiger partial charge on any atom is -0.490 e. The number of aryl methyl sites for hydroxylation is 2. The van der Waals surface area contributed by atoms with Crippen molar-refractivity contribution in [3.8, 4) is 11.5 Å². The van der Waals surface area contributed by atoms with Crippen LogP contribution >= 0.6 is 0 Å². The van der Waals surface area contributed by atoms with Gasteiger partial charge in [0, 0.05) is 10.8 Å². The van der Waals surface area contributed by atoms with Crippen LogP contribution in [0.5, 0.6) is 11.5 Å². The number of epoxide rings is 2. The van der Waals surface area contributed by atoms with Gasteiger partial charge < -0.3 is 23.4 Å². The molecule has 0 spiro atoms. The predicted molar refractivity (Wildman–Crippen MR) is 112 cm³/mol. The lowest BCUT2D eigenvalue weighted by atomic mass is 10.0. The summed E-state index contributed by atoms with van der Waals surface area (Å²) in [5.41, 5.74) is 4.19. The van der Waals surface area contributed by atoms with Gasteiger partial charge in [0.2, 0.25) is 0 Å². The van der Waals surface area contributed by atoms with Crippen molar-refractivity contribution in [2.75, 3.05) is 26.4 Å². The third kappa shape index (κ3) is 4.07. The molecule has 0 bridgehead atoms. The van der Waals surface area contributed by atoms with Gasteiger partial charge in [0.25, 0.3) is 0 Å². The molecule has 0 N–H and O–H groups in total. The first kappa shape index (κ1) is 18.8. The molecule has 2 fully saturated rings. The fourth-order valence-corrected chi connectivity index (χ4v) is 3.80. The Morgan fingerprint density at radius 3 is 1.59 bits per heavy atom. The lowest BCUT2D eigenvalue weighted by molar-refractivity contribution is 0.261. The average molecular weight is 396 g/mol. The standard InChI is InChI=1S/C24H28O5/c1-3-5-15-7-23-19(9-21(15)27-13-17-11-25-17)20-10-22(28-14-18-12-26-18)16(6-4-2)8-24(20)29-23/h7-10,17-18H,3-6,11-14H2,1-2H3. The zero-order valence-corrected chi connectivity index (χ0v) is 17.2. The van der Waals surface area contributed by atoms with Crippen LogP contribution in [0.15, 0.2) is 28.7 Å². The van der Waals surface area contributed by atoms with Crippen LogP contribution in [0, 0.1) is 0 Å². The van der Waals surface area contributed by atoms with Crippen LogP contribution in [-0.4, -0.2) is 38.6 Å². The van der Waals surface area contributed by atoms with E-state index in [4.69, 9.17) is 23.4 Å². The fourth-order valence-electron chi connectivity index (χ4n) is 3.80. The van der Waals surface area contributed by atoms with Gasteiger partial charge in [-0.05, 0) is 48.2 Å². The highest BCUT2D eigenvalue weighted by Crippen LogP contribution is 2.38. The zero-order valence-electron chi connectivity index (χ0n) is 17.2. The summed E-state index contributed by atoms with van der Waals surface area (Å²) in [6, 6.07) is 8.53. The number of hydrogen-bond acceptors (Lipinski definition) is 5. The highest BCUT2D eigenvalue weighted by Gasteiger charge is 2.25. The summed E-state index contributed by atoms with van der Waals surface area (Å²) in [7, 11) is 0. The van der Waals surface area contributed by atoms with E-state index in [-0.39, 0.29) is 12.2 Å². The topological polar surface area (TPSA) is 56.7 Å². The molecule has 5 heteroatoms. The number of fused-ring (bicyclic) bond motifs is 3. The fraction of sp³-hybridized carbons (Fsp3) is 0.500. The molecule has 2 aliphatic rings. The second-order valence-electron chi connectivity index (χ2n) is 8.05. The Morgan fingerprint density at radius 2 is 1.21 bits per heavy atom. The van der Waals surface area contributed by atoms with Gasteiger partial charge in [0.05, 0.1) is 13.2 Å². The van der Waals surface area contributed by atoms with Crippen molar-refractivity contribution in [3.05, 3.63) is 35.4 Å². The van der Waals surface area contributed by atoms with Crippen LogP contribution in [0.1, 0.15) is 37.8 Å². The van der Waals surface area contributed by atoms with Crippen molar-refractivity contribution < 1.29 is 23.4 Å². The maximum absolute atomic E-state index is 6.25. The van der Waals surface area contributed by atoms with Crippen molar-refractivity contribution in [2.45, 2.75) is 51.7 Å². The van der Waals surface area contributed by atoms with E-state index in [1.807, 2.05) is 0 Å². The van der Waals surface area contributed by atoms with Gasteiger partial charge in [-0.3, -0.25) is 0 Å². The Bertz CT molecular complexity index is 933. The largest absolute Gasteiger partial charge is 0.490 e. The van der Waals surface area contributed by atoms with Gasteiger partial charge >= 0.3 is 0 Å². The van der Waals surface area contributed by atoms with Gasteiger partial charge in [-0.15, -0.1) is 0 Å². The Kier molecular flexibility index (Phi) is 5.10. The van der Waals surface area contributed by atoms with E-state index in [0.717, 1.165) is 72.3 Å². The lowest BCUT2D eigenvalue weighted by Gasteiger charge is -2.11. The monoisotopic (exact) mass is 396 g/mol. The van der Waals surface area contributed by atoms with Gasteiger partial charge in [-0.2, -0.15) is 0 Å². The highest BCUT2D eigenvalue weighted by molar-refractivity contribution is 6.06. The second-order valence-corrected chi connectivity index (χ2v) is 8.05. The molecular formula is C24H28O5. The summed E-state index contributed by atoms with van der Waals surface area (Å²) >= 11 is 0. The maximum Gasteiger partial charge on any atom is 0.135 e. The number of benzene rings is 2. The van der Waals surface area contributed by atoms with E-state index in [1.165, 1.54) is 11.1 Å². The minimum absolute atomic E-state index is 0.238.